The standard InChI is InChI=1S/C17H11N5.C10H8N4/c1-19-16-8-6-15(7-9-16)17(22-11-20-21-12-22)14-4-2-13(10-18)3-5-14;1-11-10-4-2-9(3-5-10)6-14-7-12-13-8-14/h2-9,11-12,17H;2-5,7-8H,6H2. The van der Waals surface area contributed by atoms with Gasteiger partial charge >= 0.3 is 0 Å². The molecule has 172 valence electrons. The van der Waals surface area contributed by atoms with Gasteiger partial charge in [-0.3, -0.25) is 0 Å². The van der Waals surface area contributed by atoms with Gasteiger partial charge in [-0.2, -0.15) is 5.26 Å². The average molecular weight is 470 g/mol. The highest BCUT2D eigenvalue weighted by molar-refractivity contribution is 5.48. The summed E-state index contributed by atoms with van der Waals surface area (Å²) in [5, 5.41) is 24.1. The van der Waals surface area contributed by atoms with E-state index >= 15 is 0 Å². The second-order valence-corrected chi connectivity index (χ2v) is 7.66. The Morgan fingerprint density at radius 2 is 1.17 bits per heavy atom. The molecule has 9 heteroatoms. The predicted molar refractivity (Wildman–Crippen MR) is 133 cm³/mol. The highest BCUT2D eigenvalue weighted by Gasteiger charge is 2.16. The van der Waals surface area contributed by atoms with E-state index in [9.17, 15) is 0 Å². The molecule has 2 heterocycles. The number of nitriles is 1. The van der Waals surface area contributed by atoms with Crippen molar-refractivity contribution < 1.29 is 0 Å². The van der Waals surface area contributed by atoms with Crippen molar-refractivity contribution in [1.82, 2.24) is 29.5 Å². The fraction of sp³-hybridized carbons (Fsp3) is 0.0741. The van der Waals surface area contributed by atoms with E-state index in [2.05, 4.69) is 36.2 Å². The molecule has 0 radical (unpaired) electrons. The smallest absolute Gasteiger partial charge is 0.187 e. The van der Waals surface area contributed by atoms with Crippen molar-refractivity contribution >= 4 is 11.4 Å². The second kappa shape index (κ2) is 11.5. The Hall–Kier alpha value is -5.59. The van der Waals surface area contributed by atoms with Crippen LogP contribution < -0.4 is 0 Å². The summed E-state index contributed by atoms with van der Waals surface area (Å²) >= 11 is 0. The average Bonchev–Trinajstić information content (AvgIpc) is 3.66. The zero-order valence-corrected chi connectivity index (χ0v) is 19.0. The minimum absolute atomic E-state index is 0.0949. The minimum Gasteiger partial charge on any atom is -0.316 e. The van der Waals surface area contributed by atoms with Gasteiger partial charge in [0.2, 0.25) is 0 Å². The van der Waals surface area contributed by atoms with Crippen LogP contribution in [0.1, 0.15) is 28.3 Å². The predicted octanol–water partition coefficient (Wildman–Crippen LogP) is 5.22. The molecule has 0 amide bonds. The van der Waals surface area contributed by atoms with Crippen molar-refractivity contribution in [2.75, 3.05) is 0 Å². The number of hydrogen-bond acceptors (Lipinski definition) is 5. The van der Waals surface area contributed by atoms with Gasteiger partial charge in [0, 0.05) is 6.54 Å². The molecule has 0 fully saturated rings. The second-order valence-electron chi connectivity index (χ2n) is 7.66. The molecule has 0 spiro atoms. The number of rotatable bonds is 5. The summed E-state index contributed by atoms with van der Waals surface area (Å²) in [7, 11) is 0. The Morgan fingerprint density at radius 3 is 1.67 bits per heavy atom. The topological polar surface area (TPSA) is 93.9 Å². The lowest BCUT2D eigenvalue weighted by Gasteiger charge is -2.19. The van der Waals surface area contributed by atoms with Crippen LogP contribution in [0.5, 0.6) is 0 Å². The summed E-state index contributed by atoms with van der Waals surface area (Å²) in [5.41, 5.74) is 5.07. The first kappa shape index (κ1) is 23.6. The Labute approximate surface area is 208 Å². The monoisotopic (exact) mass is 469 g/mol. The fourth-order valence-corrected chi connectivity index (χ4v) is 3.54. The van der Waals surface area contributed by atoms with Gasteiger partial charge < -0.3 is 9.13 Å². The van der Waals surface area contributed by atoms with Gasteiger partial charge in [-0.05, 0) is 28.8 Å². The molecule has 0 saturated carbocycles. The third kappa shape index (κ3) is 5.85. The van der Waals surface area contributed by atoms with Crippen molar-refractivity contribution in [3.63, 3.8) is 0 Å². The molecular formula is C27H19N9. The van der Waals surface area contributed by atoms with E-state index in [1.54, 1.807) is 49.6 Å². The van der Waals surface area contributed by atoms with Crippen LogP contribution in [0.3, 0.4) is 0 Å². The molecule has 1 unspecified atom stereocenters. The molecule has 0 aliphatic heterocycles. The van der Waals surface area contributed by atoms with E-state index < -0.39 is 0 Å². The van der Waals surface area contributed by atoms with Crippen molar-refractivity contribution in [2.24, 2.45) is 0 Å². The highest BCUT2D eigenvalue weighted by Crippen LogP contribution is 2.28. The van der Waals surface area contributed by atoms with Gasteiger partial charge in [0.1, 0.15) is 25.3 Å². The lowest BCUT2D eigenvalue weighted by molar-refractivity contribution is 0.674. The largest absolute Gasteiger partial charge is 0.316 e. The first-order valence-corrected chi connectivity index (χ1v) is 10.8. The molecule has 2 aromatic heterocycles. The third-order valence-electron chi connectivity index (χ3n) is 5.33. The van der Waals surface area contributed by atoms with Crippen LogP contribution in [-0.2, 0) is 6.54 Å². The van der Waals surface area contributed by atoms with Crippen LogP contribution >= 0.6 is 0 Å². The maximum absolute atomic E-state index is 8.92. The Morgan fingerprint density at radius 1 is 0.694 bits per heavy atom. The van der Waals surface area contributed by atoms with E-state index in [1.807, 2.05) is 57.7 Å². The van der Waals surface area contributed by atoms with Crippen LogP contribution in [0.15, 0.2) is 98.1 Å². The first-order valence-electron chi connectivity index (χ1n) is 10.8. The van der Waals surface area contributed by atoms with E-state index in [4.69, 9.17) is 18.4 Å². The lowest BCUT2D eigenvalue weighted by Crippen LogP contribution is -2.10. The van der Waals surface area contributed by atoms with Crippen LogP contribution in [0.4, 0.5) is 11.4 Å². The summed E-state index contributed by atoms with van der Waals surface area (Å²) in [5.74, 6) is 0. The zero-order valence-electron chi connectivity index (χ0n) is 19.0. The molecule has 36 heavy (non-hydrogen) atoms. The van der Waals surface area contributed by atoms with E-state index in [0.29, 0.717) is 16.9 Å². The van der Waals surface area contributed by atoms with Gasteiger partial charge in [-0.25, -0.2) is 9.69 Å². The maximum Gasteiger partial charge on any atom is 0.187 e. The molecule has 0 aliphatic carbocycles. The lowest BCUT2D eigenvalue weighted by atomic mass is 9.97. The summed E-state index contributed by atoms with van der Waals surface area (Å²) in [6.45, 7) is 14.6. The number of benzene rings is 3. The molecule has 0 N–H and O–H groups in total. The SMILES string of the molecule is [C-]#[N+]c1ccc(C(c2ccc(C#N)cc2)n2cnnc2)cc1.[C-]#[N+]c1ccc(Cn2cnnc2)cc1. The molecule has 9 nitrogen and oxygen atoms in total. The number of aromatic nitrogens is 6. The summed E-state index contributed by atoms with van der Waals surface area (Å²) in [6, 6.07) is 24.4. The van der Waals surface area contributed by atoms with E-state index in [1.165, 1.54) is 0 Å². The van der Waals surface area contributed by atoms with Crippen molar-refractivity contribution in [3.8, 4) is 6.07 Å². The fourth-order valence-electron chi connectivity index (χ4n) is 3.54. The number of hydrogen-bond donors (Lipinski definition) is 0. The first-order chi connectivity index (χ1) is 17.7. The van der Waals surface area contributed by atoms with Crippen LogP contribution in [0, 0.1) is 24.5 Å². The van der Waals surface area contributed by atoms with Gasteiger partial charge in [0.15, 0.2) is 11.4 Å². The van der Waals surface area contributed by atoms with Gasteiger partial charge in [-0.15, -0.1) is 20.4 Å². The molecule has 3 aromatic carbocycles. The van der Waals surface area contributed by atoms with Gasteiger partial charge in [-0.1, -0.05) is 60.7 Å². The van der Waals surface area contributed by atoms with Gasteiger partial charge in [0.05, 0.1) is 30.8 Å². The van der Waals surface area contributed by atoms with Crippen molar-refractivity contribution in [2.45, 2.75) is 12.6 Å². The van der Waals surface area contributed by atoms with Crippen LogP contribution in [-0.4, -0.2) is 29.5 Å². The summed E-state index contributed by atoms with van der Waals surface area (Å²) in [4.78, 5) is 6.74. The minimum atomic E-state index is -0.0949. The van der Waals surface area contributed by atoms with Crippen LogP contribution in [0.2, 0.25) is 0 Å². The van der Waals surface area contributed by atoms with E-state index in [0.717, 1.165) is 23.2 Å². The summed E-state index contributed by atoms with van der Waals surface area (Å²) < 4.78 is 3.78. The van der Waals surface area contributed by atoms with E-state index in [-0.39, 0.29) is 6.04 Å². The number of nitrogens with zero attached hydrogens (tertiary/aromatic N) is 9. The highest BCUT2D eigenvalue weighted by atomic mass is 15.2. The van der Waals surface area contributed by atoms with Gasteiger partial charge in [0.25, 0.3) is 0 Å². The zero-order chi connectivity index (χ0) is 25.2. The molecule has 0 bridgehead atoms. The molecule has 0 aliphatic rings. The molecular weight excluding hydrogens is 450 g/mol. The summed E-state index contributed by atoms with van der Waals surface area (Å²) in [6.07, 6.45) is 6.66. The Bertz CT molecular complexity index is 1440. The quantitative estimate of drug-likeness (QED) is 0.329. The maximum atomic E-state index is 8.92. The van der Waals surface area contributed by atoms with Crippen LogP contribution in [0.25, 0.3) is 9.69 Å². The molecule has 5 rings (SSSR count). The molecule has 5 aromatic rings. The third-order valence-corrected chi connectivity index (χ3v) is 5.33. The Kier molecular flexibility index (Phi) is 7.54. The van der Waals surface area contributed by atoms with Crippen molar-refractivity contribution in [1.29, 1.82) is 5.26 Å². The molecule has 0 saturated heterocycles. The normalized spacial score (nSPS) is 10.7. The Balaban J connectivity index is 0.000000187. The van der Waals surface area contributed by atoms with Crippen molar-refractivity contribution in [3.05, 3.63) is 143 Å². The molecule has 1 atom stereocenters.